The van der Waals surface area contributed by atoms with Gasteiger partial charge in [-0.3, -0.25) is 4.79 Å². The molecule has 0 spiro atoms. The largest absolute Gasteiger partial charge is 0.361 e. The van der Waals surface area contributed by atoms with Gasteiger partial charge in [-0.1, -0.05) is 37.5 Å². The summed E-state index contributed by atoms with van der Waals surface area (Å²) in [7, 11) is 0. The average molecular weight is 256 g/mol. The topological polar surface area (TPSA) is 44.9 Å². The van der Waals surface area contributed by atoms with E-state index in [0.717, 1.165) is 35.3 Å². The van der Waals surface area contributed by atoms with E-state index in [1.807, 2.05) is 24.4 Å². The van der Waals surface area contributed by atoms with Crippen molar-refractivity contribution in [3.8, 4) is 0 Å². The van der Waals surface area contributed by atoms with Crippen LogP contribution in [0.15, 0.2) is 30.5 Å². The number of carbonyl (C=O) groups is 1. The maximum absolute atomic E-state index is 11.9. The van der Waals surface area contributed by atoms with Gasteiger partial charge < -0.3 is 10.3 Å². The number of carbonyl (C=O) groups excluding carboxylic acids is 1. The van der Waals surface area contributed by atoms with Gasteiger partial charge >= 0.3 is 0 Å². The van der Waals surface area contributed by atoms with Crippen molar-refractivity contribution < 1.29 is 4.79 Å². The Morgan fingerprint density at radius 1 is 1.32 bits per heavy atom. The zero-order chi connectivity index (χ0) is 13.1. The Bertz CT molecular complexity index is 569. The molecule has 2 aromatic rings. The van der Waals surface area contributed by atoms with Crippen LogP contribution in [0.25, 0.3) is 10.9 Å². The Kier molecular flexibility index (Phi) is 3.53. The highest BCUT2D eigenvalue weighted by Crippen LogP contribution is 2.28. The summed E-state index contributed by atoms with van der Waals surface area (Å²) < 4.78 is 0. The molecule has 1 fully saturated rings. The number of amides is 1. The molecule has 0 aliphatic heterocycles. The summed E-state index contributed by atoms with van der Waals surface area (Å²) in [5.74, 6) is 0.984. The molecule has 1 heterocycles. The lowest BCUT2D eigenvalue weighted by molar-refractivity contribution is -0.120. The van der Waals surface area contributed by atoms with Crippen LogP contribution in [0.1, 0.15) is 31.2 Å². The minimum absolute atomic E-state index is 0.129. The lowest BCUT2D eigenvalue weighted by Gasteiger charge is -2.25. The van der Waals surface area contributed by atoms with Crippen LogP contribution in [0.4, 0.5) is 0 Å². The molecule has 1 aliphatic carbocycles. The molecule has 1 aliphatic rings. The average Bonchev–Trinajstić information content (AvgIpc) is 2.76. The number of aromatic nitrogens is 1. The summed E-state index contributed by atoms with van der Waals surface area (Å²) >= 11 is 0. The molecule has 2 N–H and O–H groups in total. The number of rotatable bonds is 5. The van der Waals surface area contributed by atoms with Crippen molar-refractivity contribution in [1.82, 2.24) is 10.3 Å². The van der Waals surface area contributed by atoms with E-state index in [0.29, 0.717) is 6.42 Å². The number of hydrogen-bond acceptors (Lipinski definition) is 1. The molecule has 19 heavy (non-hydrogen) atoms. The number of aromatic amines is 1. The van der Waals surface area contributed by atoms with Gasteiger partial charge in [0.15, 0.2) is 0 Å². The Morgan fingerprint density at radius 3 is 2.95 bits per heavy atom. The minimum atomic E-state index is 0.129. The van der Waals surface area contributed by atoms with Crippen LogP contribution in [-0.2, 0) is 11.2 Å². The van der Waals surface area contributed by atoms with Crippen molar-refractivity contribution in [3.63, 3.8) is 0 Å². The maximum Gasteiger partial charge on any atom is 0.224 e. The molecule has 0 radical (unpaired) electrons. The first kappa shape index (κ1) is 12.3. The van der Waals surface area contributed by atoms with Gasteiger partial charge in [0.25, 0.3) is 0 Å². The minimum Gasteiger partial charge on any atom is -0.361 e. The number of benzene rings is 1. The zero-order valence-corrected chi connectivity index (χ0v) is 11.1. The van der Waals surface area contributed by atoms with Gasteiger partial charge in [0, 0.05) is 23.6 Å². The van der Waals surface area contributed by atoms with E-state index in [2.05, 4.69) is 16.4 Å². The van der Waals surface area contributed by atoms with E-state index < -0.39 is 0 Å². The summed E-state index contributed by atoms with van der Waals surface area (Å²) in [6, 6.07) is 8.10. The van der Waals surface area contributed by atoms with Gasteiger partial charge in [0.05, 0.1) is 6.42 Å². The molecule has 0 unspecified atom stereocenters. The standard InChI is InChI=1S/C16H20N2O/c19-16(17-9-8-12-4-3-5-12)10-13-11-18-15-7-2-1-6-14(13)15/h1-2,6-7,11-12,18H,3-5,8-10H2,(H,17,19). The Morgan fingerprint density at radius 2 is 2.16 bits per heavy atom. The van der Waals surface area contributed by atoms with Crippen molar-refractivity contribution in [2.75, 3.05) is 6.54 Å². The van der Waals surface area contributed by atoms with Crippen LogP contribution >= 0.6 is 0 Å². The van der Waals surface area contributed by atoms with Gasteiger partial charge in [-0.05, 0) is 24.0 Å². The number of nitrogens with one attached hydrogen (secondary N) is 2. The van der Waals surface area contributed by atoms with Crippen molar-refractivity contribution in [2.24, 2.45) is 5.92 Å². The molecular weight excluding hydrogens is 236 g/mol. The van der Waals surface area contributed by atoms with Crippen LogP contribution in [0.5, 0.6) is 0 Å². The van der Waals surface area contributed by atoms with E-state index in [4.69, 9.17) is 0 Å². The first-order valence-corrected chi connectivity index (χ1v) is 7.14. The Balaban J connectivity index is 1.53. The van der Waals surface area contributed by atoms with E-state index in [-0.39, 0.29) is 5.91 Å². The van der Waals surface area contributed by atoms with Gasteiger partial charge in [0.2, 0.25) is 5.91 Å². The third-order valence-electron chi connectivity index (χ3n) is 4.13. The van der Waals surface area contributed by atoms with E-state index >= 15 is 0 Å². The monoisotopic (exact) mass is 256 g/mol. The summed E-state index contributed by atoms with van der Waals surface area (Å²) in [6.45, 7) is 0.825. The highest BCUT2D eigenvalue weighted by Gasteiger charge is 2.17. The van der Waals surface area contributed by atoms with Crippen LogP contribution in [0.2, 0.25) is 0 Å². The van der Waals surface area contributed by atoms with Crippen LogP contribution in [-0.4, -0.2) is 17.4 Å². The van der Waals surface area contributed by atoms with E-state index in [1.165, 1.54) is 19.3 Å². The van der Waals surface area contributed by atoms with E-state index in [9.17, 15) is 4.79 Å². The fraction of sp³-hybridized carbons (Fsp3) is 0.438. The molecule has 3 heteroatoms. The van der Waals surface area contributed by atoms with Crippen molar-refractivity contribution >= 4 is 16.8 Å². The molecule has 100 valence electrons. The summed E-state index contributed by atoms with van der Waals surface area (Å²) in [5, 5.41) is 4.18. The quantitative estimate of drug-likeness (QED) is 0.848. The second-order valence-electron chi connectivity index (χ2n) is 5.47. The first-order chi connectivity index (χ1) is 9.33. The van der Waals surface area contributed by atoms with Crippen LogP contribution < -0.4 is 5.32 Å². The maximum atomic E-state index is 11.9. The highest BCUT2D eigenvalue weighted by atomic mass is 16.1. The predicted molar refractivity (Wildman–Crippen MR) is 77.0 cm³/mol. The Hall–Kier alpha value is -1.77. The first-order valence-electron chi connectivity index (χ1n) is 7.14. The lowest BCUT2D eigenvalue weighted by Crippen LogP contribution is -2.28. The molecule has 3 rings (SSSR count). The van der Waals surface area contributed by atoms with Gasteiger partial charge in [0.1, 0.15) is 0 Å². The number of hydrogen-bond donors (Lipinski definition) is 2. The summed E-state index contributed by atoms with van der Waals surface area (Å²) in [6.07, 6.45) is 7.61. The number of para-hydroxylation sites is 1. The fourth-order valence-electron chi connectivity index (χ4n) is 2.71. The van der Waals surface area contributed by atoms with Crippen LogP contribution in [0.3, 0.4) is 0 Å². The third kappa shape index (κ3) is 2.80. The number of H-pyrrole nitrogens is 1. The van der Waals surface area contributed by atoms with Crippen LogP contribution in [0, 0.1) is 5.92 Å². The lowest BCUT2D eigenvalue weighted by atomic mass is 9.83. The van der Waals surface area contributed by atoms with E-state index in [1.54, 1.807) is 0 Å². The summed E-state index contributed by atoms with van der Waals surface area (Å²) in [4.78, 5) is 15.1. The molecule has 1 aromatic heterocycles. The zero-order valence-electron chi connectivity index (χ0n) is 11.1. The van der Waals surface area contributed by atoms with Gasteiger partial charge in [-0.15, -0.1) is 0 Å². The van der Waals surface area contributed by atoms with Crippen molar-refractivity contribution in [2.45, 2.75) is 32.1 Å². The molecule has 0 atom stereocenters. The van der Waals surface area contributed by atoms with Crippen molar-refractivity contribution in [3.05, 3.63) is 36.0 Å². The number of fused-ring (bicyclic) bond motifs is 1. The molecule has 0 bridgehead atoms. The van der Waals surface area contributed by atoms with Gasteiger partial charge in [-0.25, -0.2) is 0 Å². The second-order valence-corrected chi connectivity index (χ2v) is 5.47. The fourth-order valence-corrected chi connectivity index (χ4v) is 2.71. The smallest absolute Gasteiger partial charge is 0.224 e. The second kappa shape index (κ2) is 5.47. The van der Waals surface area contributed by atoms with Gasteiger partial charge in [-0.2, -0.15) is 0 Å². The molecule has 1 aromatic carbocycles. The molecule has 0 saturated heterocycles. The normalized spacial score (nSPS) is 15.4. The SMILES string of the molecule is O=C(Cc1c[nH]c2ccccc12)NCCC1CCC1. The molecule has 1 saturated carbocycles. The Labute approximate surface area is 113 Å². The predicted octanol–water partition coefficient (Wildman–Crippen LogP) is 3.02. The third-order valence-corrected chi connectivity index (χ3v) is 4.13. The molecular formula is C16H20N2O. The highest BCUT2D eigenvalue weighted by molar-refractivity contribution is 5.88. The molecule has 1 amide bonds. The summed E-state index contributed by atoms with van der Waals surface area (Å²) in [5.41, 5.74) is 2.18. The van der Waals surface area contributed by atoms with Crippen molar-refractivity contribution in [1.29, 1.82) is 0 Å². The molecule has 3 nitrogen and oxygen atoms in total.